The minimum atomic E-state index is -0.597. The molecule has 13 nitrogen and oxygen atoms in total. The van der Waals surface area contributed by atoms with Crippen molar-refractivity contribution in [2.75, 3.05) is 0 Å². The van der Waals surface area contributed by atoms with Crippen LogP contribution in [0.3, 0.4) is 0 Å². The van der Waals surface area contributed by atoms with Gasteiger partial charge in [0.25, 0.3) is 11.1 Å². The van der Waals surface area contributed by atoms with E-state index in [0.29, 0.717) is 42.0 Å². The quantitative estimate of drug-likeness (QED) is 0.0822. The van der Waals surface area contributed by atoms with E-state index in [0.717, 1.165) is 117 Å². The highest BCUT2D eigenvalue weighted by Crippen LogP contribution is 2.31. The fourth-order valence-electron chi connectivity index (χ4n) is 9.35. The average Bonchev–Trinajstić information content (AvgIpc) is 3.90. The molecule has 0 fully saturated rings. The molecule has 398 valence electrons. The fraction of sp³-hybridized carbons (Fsp3) is 0.277. The van der Waals surface area contributed by atoms with Gasteiger partial charge >= 0.3 is 5.76 Å². The molecule has 78 heavy (non-hydrogen) atoms. The standard InChI is InChI=1S/C33H34N4O4.C32H33N3O2/c1-5-9-29-34-22(4)30(25-16-18-26(19-17-25)40-21(3)6-2)32(38)37(29)20-23-12-14-24(15-13-23)27-10-7-8-11-28(27)31-35-33(39)41-36-31;1-5-9-30-34-23(4)31(26-16-18-28(19-17-26)37-22(3)6-2)32(36)35(30)21-24-12-14-25(15-13-24)29-11-8-7-10-27(29)20-33/h7-8,10-19,21H,5-6,9,20H2,1-4H3,(H,35,36,39);7-8,10-19,22H,5-6,9,21H2,1-4H3. The molecule has 3 aromatic heterocycles. The van der Waals surface area contributed by atoms with Crippen molar-refractivity contribution in [3.63, 3.8) is 0 Å². The second kappa shape index (κ2) is 25.8. The molecule has 0 bridgehead atoms. The molecular weight excluding hydrogens is 975 g/mol. The van der Waals surface area contributed by atoms with E-state index in [-0.39, 0.29) is 23.3 Å². The van der Waals surface area contributed by atoms with Crippen molar-refractivity contribution in [2.24, 2.45) is 0 Å². The van der Waals surface area contributed by atoms with Crippen molar-refractivity contribution >= 4 is 0 Å². The number of nitrogens with one attached hydrogen (secondary N) is 1. The van der Waals surface area contributed by atoms with E-state index in [9.17, 15) is 19.6 Å². The number of hydrogen-bond donors (Lipinski definition) is 1. The molecule has 3 heterocycles. The van der Waals surface area contributed by atoms with Gasteiger partial charge in [0.1, 0.15) is 23.1 Å². The first kappa shape index (κ1) is 55.3. The highest BCUT2D eigenvalue weighted by molar-refractivity contribution is 5.80. The van der Waals surface area contributed by atoms with Crippen molar-refractivity contribution in [2.45, 2.75) is 119 Å². The average molecular weight is 1040 g/mol. The second-order valence-electron chi connectivity index (χ2n) is 19.5. The van der Waals surface area contributed by atoms with E-state index in [4.69, 9.17) is 24.0 Å². The predicted octanol–water partition coefficient (Wildman–Crippen LogP) is 13.3. The zero-order valence-electron chi connectivity index (χ0n) is 45.8. The Kier molecular flexibility index (Phi) is 18.3. The normalized spacial score (nSPS) is 11.8. The largest absolute Gasteiger partial charge is 0.491 e. The minimum absolute atomic E-state index is 0.0366. The summed E-state index contributed by atoms with van der Waals surface area (Å²) < 4.78 is 20.1. The number of nitrogens with zero attached hydrogens (tertiary/aromatic N) is 6. The van der Waals surface area contributed by atoms with Gasteiger partial charge in [0.05, 0.1) is 59.4 Å². The Labute approximate surface area is 455 Å². The number of benzene rings is 6. The SMILES string of the molecule is CCCc1nc(C)c(-c2ccc(OC(C)CC)cc2)c(=O)n1Cc1ccc(-c2ccccc2-c2noc(=O)[nH]2)cc1.CCCc1nc(C)c(-c2ccc(OC(C)CC)cc2)c(=O)n1Cc1ccc(-c2ccccc2C#N)cc1. The maximum Gasteiger partial charge on any atom is 0.439 e. The van der Waals surface area contributed by atoms with Crippen LogP contribution in [0.1, 0.15) is 107 Å². The van der Waals surface area contributed by atoms with E-state index in [1.54, 1.807) is 9.13 Å². The Hall–Kier alpha value is -8.89. The number of aromatic nitrogens is 6. The topological polar surface area (TPSA) is 171 Å². The van der Waals surface area contributed by atoms with E-state index in [1.165, 1.54) is 0 Å². The Morgan fingerprint density at radius 1 is 0.551 bits per heavy atom. The van der Waals surface area contributed by atoms with Crippen LogP contribution in [0.4, 0.5) is 0 Å². The van der Waals surface area contributed by atoms with Crippen molar-refractivity contribution < 1.29 is 14.0 Å². The van der Waals surface area contributed by atoms with E-state index >= 15 is 0 Å². The molecule has 2 atom stereocenters. The summed E-state index contributed by atoms with van der Waals surface area (Å²) in [6, 6.07) is 49.0. The van der Waals surface area contributed by atoms with Crippen LogP contribution in [0.15, 0.2) is 164 Å². The number of H-pyrrole nitrogens is 1. The summed E-state index contributed by atoms with van der Waals surface area (Å²) in [5.74, 6) is 2.94. The van der Waals surface area contributed by atoms with Crippen LogP contribution in [0.2, 0.25) is 0 Å². The number of hydrogen-bond acceptors (Lipinski definition) is 10. The summed E-state index contributed by atoms with van der Waals surface area (Å²) >= 11 is 0. The van der Waals surface area contributed by atoms with Crippen LogP contribution in [-0.4, -0.2) is 41.5 Å². The number of aryl methyl sites for hydroxylation is 4. The van der Waals surface area contributed by atoms with Crippen molar-refractivity contribution in [3.05, 3.63) is 217 Å². The molecule has 0 saturated heterocycles. The predicted molar refractivity (Wildman–Crippen MR) is 309 cm³/mol. The lowest BCUT2D eigenvalue weighted by molar-refractivity contribution is 0.217. The summed E-state index contributed by atoms with van der Waals surface area (Å²) in [7, 11) is 0. The van der Waals surface area contributed by atoms with Crippen LogP contribution >= 0.6 is 0 Å². The van der Waals surface area contributed by atoms with Crippen molar-refractivity contribution in [1.29, 1.82) is 5.26 Å². The van der Waals surface area contributed by atoms with Gasteiger partial charge in [-0.25, -0.2) is 14.8 Å². The monoisotopic (exact) mass is 1040 g/mol. The molecule has 9 aromatic rings. The fourth-order valence-corrected chi connectivity index (χ4v) is 9.35. The van der Waals surface area contributed by atoms with Crippen LogP contribution in [-0.2, 0) is 25.9 Å². The molecule has 9 rings (SSSR count). The molecule has 0 saturated carbocycles. The molecule has 6 aromatic carbocycles. The molecule has 0 spiro atoms. The maximum atomic E-state index is 13.9. The van der Waals surface area contributed by atoms with Crippen LogP contribution in [0, 0.1) is 25.2 Å². The number of aromatic amines is 1. The smallest absolute Gasteiger partial charge is 0.439 e. The molecule has 13 heteroatoms. The summed E-state index contributed by atoms with van der Waals surface area (Å²) in [4.78, 5) is 51.6. The zero-order chi connectivity index (χ0) is 55.3. The van der Waals surface area contributed by atoms with Gasteiger partial charge in [-0.3, -0.25) is 28.2 Å². The van der Waals surface area contributed by atoms with Gasteiger partial charge in [-0.05, 0) is 128 Å². The van der Waals surface area contributed by atoms with Gasteiger partial charge < -0.3 is 9.47 Å². The lowest BCUT2D eigenvalue weighted by Crippen LogP contribution is -2.28. The molecule has 0 aliphatic rings. The first-order valence-electron chi connectivity index (χ1n) is 26.9. The van der Waals surface area contributed by atoms with Gasteiger partial charge in [0.15, 0.2) is 5.82 Å². The van der Waals surface area contributed by atoms with Crippen LogP contribution < -0.4 is 26.3 Å². The van der Waals surface area contributed by atoms with Crippen molar-refractivity contribution in [3.8, 4) is 73.5 Å². The molecule has 0 aliphatic heterocycles. The first-order chi connectivity index (χ1) is 37.8. The van der Waals surface area contributed by atoms with Crippen LogP contribution in [0.25, 0.3) is 55.9 Å². The summed E-state index contributed by atoms with van der Waals surface area (Å²) in [6.07, 6.45) is 5.33. The second-order valence-corrected chi connectivity index (χ2v) is 19.5. The summed E-state index contributed by atoms with van der Waals surface area (Å²) in [6.45, 7) is 17.1. The Balaban J connectivity index is 0.000000207. The zero-order valence-corrected chi connectivity index (χ0v) is 45.8. The van der Waals surface area contributed by atoms with Gasteiger partial charge in [-0.15, -0.1) is 0 Å². The Morgan fingerprint density at radius 2 is 0.962 bits per heavy atom. The van der Waals surface area contributed by atoms with E-state index in [1.807, 2.05) is 173 Å². The van der Waals surface area contributed by atoms with Crippen LogP contribution in [0.5, 0.6) is 11.5 Å². The van der Waals surface area contributed by atoms with E-state index in [2.05, 4.69) is 43.9 Å². The maximum absolute atomic E-state index is 13.9. The lowest BCUT2D eigenvalue weighted by Gasteiger charge is -2.17. The molecule has 2 unspecified atom stereocenters. The van der Waals surface area contributed by atoms with Crippen molar-refractivity contribution in [1.82, 2.24) is 29.2 Å². The molecule has 0 amide bonds. The number of nitriles is 1. The molecule has 0 radical (unpaired) electrons. The van der Waals surface area contributed by atoms with Gasteiger partial charge in [0.2, 0.25) is 0 Å². The highest BCUT2D eigenvalue weighted by atomic mass is 16.5. The lowest BCUT2D eigenvalue weighted by atomic mass is 9.98. The van der Waals surface area contributed by atoms with Gasteiger partial charge in [-0.1, -0.05) is 148 Å². The first-order valence-corrected chi connectivity index (χ1v) is 26.9. The third-order valence-electron chi connectivity index (χ3n) is 13.8. The minimum Gasteiger partial charge on any atom is -0.491 e. The number of rotatable bonds is 19. The highest BCUT2D eigenvalue weighted by Gasteiger charge is 2.19. The third kappa shape index (κ3) is 13.0. The Bertz CT molecular complexity index is 3700. The van der Waals surface area contributed by atoms with Gasteiger partial charge in [0, 0.05) is 18.4 Å². The summed E-state index contributed by atoms with van der Waals surface area (Å²) in [5.41, 5.74) is 11.4. The Morgan fingerprint density at radius 3 is 1.37 bits per heavy atom. The summed E-state index contributed by atoms with van der Waals surface area (Å²) in [5, 5.41) is 13.3. The molecular formula is C65H67N7O6. The molecule has 1 N–H and O–H groups in total. The third-order valence-corrected chi connectivity index (χ3v) is 13.8. The van der Waals surface area contributed by atoms with E-state index < -0.39 is 5.76 Å². The van der Waals surface area contributed by atoms with Gasteiger partial charge in [-0.2, -0.15) is 5.26 Å². The molecule has 0 aliphatic carbocycles. The number of ether oxygens (including phenoxy) is 2.